The zero-order valence-electron chi connectivity index (χ0n) is 16.9. The number of thiazole rings is 1. The first-order valence-electron chi connectivity index (χ1n) is 9.73. The molecule has 0 aliphatic rings. The van der Waals surface area contributed by atoms with E-state index < -0.39 is 5.91 Å². The number of aromatic nitrogens is 3. The van der Waals surface area contributed by atoms with E-state index in [4.69, 9.17) is 4.98 Å². The van der Waals surface area contributed by atoms with E-state index in [0.29, 0.717) is 11.3 Å². The quantitative estimate of drug-likeness (QED) is 0.451. The molecule has 5 aromatic rings. The van der Waals surface area contributed by atoms with Gasteiger partial charge in [-0.05, 0) is 67.1 Å². The van der Waals surface area contributed by atoms with Crippen LogP contribution in [0.15, 0.2) is 71.7 Å². The van der Waals surface area contributed by atoms with Crippen LogP contribution in [0.25, 0.3) is 31.8 Å². The van der Waals surface area contributed by atoms with Crippen molar-refractivity contribution in [3.05, 3.63) is 88.3 Å². The minimum absolute atomic E-state index is 0.0774. The Balaban J connectivity index is 1.42. The molecular weight excluding hydrogens is 408 g/mol. The number of nitrogens with zero attached hydrogens (tertiary/aromatic N) is 3. The molecule has 0 saturated carbocycles. The molecule has 3 aromatic heterocycles. The molecule has 0 atom stereocenters. The first kappa shape index (κ1) is 19.1. The highest BCUT2D eigenvalue weighted by Crippen LogP contribution is 2.31. The molecule has 0 radical (unpaired) electrons. The molecule has 0 spiro atoms. The summed E-state index contributed by atoms with van der Waals surface area (Å²) in [6, 6.07) is 18.9. The van der Waals surface area contributed by atoms with Crippen molar-refractivity contribution in [2.75, 3.05) is 5.32 Å². The summed E-state index contributed by atoms with van der Waals surface area (Å²) in [4.78, 5) is 34.3. The summed E-state index contributed by atoms with van der Waals surface area (Å²) < 4.78 is 2.54. The van der Waals surface area contributed by atoms with Crippen LogP contribution in [0.4, 0.5) is 5.69 Å². The van der Waals surface area contributed by atoms with Crippen LogP contribution in [0.2, 0.25) is 0 Å². The van der Waals surface area contributed by atoms with Gasteiger partial charge in [-0.3, -0.25) is 14.2 Å². The maximum absolute atomic E-state index is 12.8. The van der Waals surface area contributed by atoms with Crippen molar-refractivity contribution in [1.82, 2.24) is 14.5 Å². The number of rotatable bonds is 3. The Morgan fingerprint density at radius 1 is 1.06 bits per heavy atom. The Labute approximate surface area is 181 Å². The van der Waals surface area contributed by atoms with E-state index in [1.54, 1.807) is 36.7 Å². The van der Waals surface area contributed by atoms with Gasteiger partial charge >= 0.3 is 0 Å². The fourth-order valence-electron chi connectivity index (χ4n) is 3.51. The smallest absolute Gasteiger partial charge is 0.264 e. The molecule has 0 unspecified atom stereocenters. The second kappa shape index (κ2) is 7.45. The minimum atomic E-state index is -0.449. The van der Waals surface area contributed by atoms with Gasteiger partial charge in [-0.1, -0.05) is 6.07 Å². The molecule has 0 aliphatic heterocycles. The van der Waals surface area contributed by atoms with E-state index >= 15 is 0 Å². The summed E-state index contributed by atoms with van der Waals surface area (Å²) in [5.74, 6) is -0.449. The Kier molecular flexibility index (Phi) is 4.60. The third-order valence-electron chi connectivity index (χ3n) is 5.15. The molecule has 0 fully saturated rings. The number of pyridine rings is 2. The molecular formula is C24H18N4O2S. The normalized spacial score (nSPS) is 11.2. The molecule has 1 N–H and O–H groups in total. The average Bonchev–Trinajstić information content (AvgIpc) is 3.20. The summed E-state index contributed by atoms with van der Waals surface area (Å²) in [5.41, 5.74) is 4.00. The molecule has 0 bridgehead atoms. The molecule has 1 amide bonds. The van der Waals surface area contributed by atoms with Gasteiger partial charge < -0.3 is 5.32 Å². The molecule has 3 heterocycles. The molecule has 152 valence electrons. The number of aryl methyl sites for hydroxylation is 2. The molecule has 5 rings (SSSR count). The molecule has 0 saturated heterocycles. The van der Waals surface area contributed by atoms with Crippen LogP contribution in [-0.4, -0.2) is 20.4 Å². The van der Waals surface area contributed by atoms with Crippen LogP contribution < -0.4 is 10.9 Å². The molecule has 0 aliphatic carbocycles. The van der Waals surface area contributed by atoms with Gasteiger partial charge in [-0.15, -0.1) is 11.3 Å². The van der Waals surface area contributed by atoms with Gasteiger partial charge in [-0.2, -0.15) is 0 Å². The molecule has 6 nitrogen and oxygen atoms in total. The van der Waals surface area contributed by atoms with Crippen molar-refractivity contribution in [2.45, 2.75) is 6.92 Å². The number of fused-ring (bicyclic) bond motifs is 2. The predicted molar refractivity (Wildman–Crippen MR) is 125 cm³/mol. The predicted octanol–water partition coefficient (Wildman–Crippen LogP) is 4.77. The fraction of sp³-hybridized carbons (Fsp3) is 0.0833. The summed E-state index contributed by atoms with van der Waals surface area (Å²) in [5, 5.41) is 4.47. The zero-order valence-corrected chi connectivity index (χ0v) is 17.7. The largest absolute Gasteiger partial charge is 0.322 e. The summed E-state index contributed by atoms with van der Waals surface area (Å²) in [6.07, 6.45) is 1.62. The van der Waals surface area contributed by atoms with Crippen molar-refractivity contribution >= 4 is 44.2 Å². The van der Waals surface area contributed by atoms with Crippen molar-refractivity contribution in [3.63, 3.8) is 0 Å². The first-order valence-corrected chi connectivity index (χ1v) is 10.5. The standard InChI is InChI=1S/C24H18N4O2S/c1-14-5-10-19-20(12-14)31-23(27-19)15-6-8-17(9-7-15)26-22(29)18-13-16-4-3-11-25-21(16)28(2)24(18)30/h3-13H,1-2H3,(H,26,29). The lowest BCUT2D eigenvalue weighted by atomic mass is 10.1. The highest BCUT2D eigenvalue weighted by molar-refractivity contribution is 7.21. The van der Waals surface area contributed by atoms with Gasteiger partial charge in [0.2, 0.25) is 0 Å². The van der Waals surface area contributed by atoms with E-state index in [9.17, 15) is 9.59 Å². The Morgan fingerprint density at radius 2 is 1.87 bits per heavy atom. The number of nitrogens with one attached hydrogen (secondary N) is 1. The summed E-state index contributed by atoms with van der Waals surface area (Å²) in [6.45, 7) is 2.07. The number of hydrogen-bond acceptors (Lipinski definition) is 5. The topological polar surface area (TPSA) is 76.9 Å². The van der Waals surface area contributed by atoms with Gasteiger partial charge in [0.25, 0.3) is 11.5 Å². The fourth-order valence-corrected chi connectivity index (χ4v) is 4.58. The number of hydrogen-bond donors (Lipinski definition) is 1. The van der Waals surface area contributed by atoms with E-state index in [2.05, 4.69) is 29.4 Å². The lowest BCUT2D eigenvalue weighted by Gasteiger charge is -2.09. The van der Waals surface area contributed by atoms with Crippen LogP contribution in [0, 0.1) is 6.92 Å². The maximum atomic E-state index is 12.8. The van der Waals surface area contributed by atoms with Crippen LogP contribution >= 0.6 is 11.3 Å². The number of carbonyl (C=O) groups is 1. The SMILES string of the molecule is Cc1ccc2nc(-c3ccc(NC(=O)c4cc5cccnc5n(C)c4=O)cc3)sc2c1. The second-order valence-electron chi connectivity index (χ2n) is 7.36. The van der Waals surface area contributed by atoms with E-state index in [1.807, 2.05) is 36.4 Å². The monoisotopic (exact) mass is 426 g/mol. The number of carbonyl (C=O) groups excluding carboxylic acids is 1. The van der Waals surface area contributed by atoms with E-state index in [1.165, 1.54) is 10.1 Å². The number of benzene rings is 2. The van der Waals surface area contributed by atoms with Gasteiger partial charge in [0.1, 0.15) is 16.2 Å². The third kappa shape index (κ3) is 3.49. The molecule has 7 heteroatoms. The number of anilines is 1. The zero-order chi connectivity index (χ0) is 21.5. The first-order chi connectivity index (χ1) is 15.0. The second-order valence-corrected chi connectivity index (χ2v) is 8.39. The number of amides is 1. The molecule has 2 aromatic carbocycles. The van der Waals surface area contributed by atoms with Crippen molar-refractivity contribution < 1.29 is 4.79 Å². The lowest BCUT2D eigenvalue weighted by Crippen LogP contribution is -2.28. The van der Waals surface area contributed by atoms with Crippen molar-refractivity contribution in [3.8, 4) is 10.6 Å². The van der Waals surface area contributed by atoms with Gasteiger partial charge in [0.15, 0.2) is 0 Å². The minimum Gasteiger partial charge on any atom is -0.322 e. The van der Waals surface area contributed by atoms with E-state index in [0.717, 1.165) is 26.2 Å². The Bertz CT molecular complexity index is 1520. The molecule has 31 heavy (non-hydrogen) atoms. The van der Waals surface area contributed by atoms with E-state index in [-0.39, 0.29) is 11.1 Å². The van der Waals surface area contributed by atoms with Crippen molar-refractivity contribution in [1.29, 1.82) is 0 Å². The van der Waals surface area contributed by atoms with Crippen LogP contribution in [0.1, 0.15) is 15.9 Å². The Morgan fingerprint density at radius 3 is 2.68 bits per heavy atom. The maximum Gasteiger partial charge on any atom is 0.264 e. The summed E-state index contributed by atoms with van der Waals surface area (Å²) in [7, 11) is 1.61. The van der Waals surface area contributed by atoms with Crippen LogP contribution in [-0.2, 0) is 7.05 Å². The summed E-state index contributed by atoms with van der Waals surface area (Å²) >= 11 is 1.64. The van der Waals surface area contributed by atoms with Gasteiger partial charge in [0, 0.05) is 29.9 Å². The average molecular weight is 427 g/mol. The van der Waals surface area contributed by atoms with Gasteiger partial charge in [0.05, 0.1) is 10.2 Å². The van der Waals surface area contributed by atoms with Crippen molar-refractivity contribution in [2.24, 2.45) is 7.05 Å². The highest BCUT2D eigenvalue weighted by Gasteiger charge is 2.15. The van der Waals surface area contributed by atoms with Gasteiger partial charge in [-0.25, -0.2) is 9.97 Å². The lowest BCUT2D eigenvalue weighted by molar-refractivity contribution is 0.102. The van der Waals surface area contributed by atoms with Crippen LogP contribution in [0.3, 0.4) is 0 Å². The highest BCUT2D eigenvalue weighted by atomic mass is 32.1. The Hall–Kier alpha value is -3.84. The third-order valence-corrected chi connectivity index (χ3v) is 6.21. The van der Waals surface area contributed by atoms with Crippen LogP contribution in [0.5, 0.6) is 0 Å².